The molecule has 1 N–H and O–H groups in total. The fraction of sp³-hybridized carbons (Fsp3) is 1.00. The highest BCUT2D eigenvalue weighted by Crippen LogP contribution is 2.21. The lowest BCUT2D eigenvalue weighted by atomic mass is 9.98. The molecule has 1 unspecified atom stereocenters. The summed E-state index contributed by atoms with van der Waals surface area (Å²) in [6, 6.07) is 0. The molecular weight excluding hydrogens is 186 g/mol. The molecule has 15 heavy (non-hydrogen) atoms. The topological polar surface area (TPSA) is 21.3 Å². The Balaban J connectivity index is 2.21. The highest BCUT2D eigenvalue weighted by atomic mass is 16.5. The van der Waals surface area contributed by atoms with Gasteiger partial charge in [0.15, 0.2) is 0 Å². The second kappa shape index (κ2) is 8.12. The van der Waals surface area contributed by atoms with Crippen LogP contribution in [0.1, 0.15) is 65.2 Å². The van der Waals surface area contributed by atoms with Crippen molar-refractivity contribution >= 4 is 0 Å². The van der Waals surface area contributed by atoms with E-state index in [1.165, 1.54) is 44.9 Å². The van der Waals surface area contributed by atoms with Crippen LogP contribution in [0.15, 0.2) is 0 Å². The second-order valence-corrected chi connectivity index (χ2v) is 4.63. The van der Waals surface area contributed by atoms with Crippen molar-refractivity contribution in [2.45, 2.75) is 77.5 Å². The monoisotopic (exact) mass is 213 g/mol. The fourth-order valence-electron chi connectivity index (χ4n) is 2.22. The van der Waals surface area contributed by atoms with Crippen molar-refractivity contribution in [2.75, 3.05) is 6.54 Å². The number of nitrogens with one attached hydrogen (secondary N) is 1. The third kappa shape index (κ3) is 5.53. The first-order valence-corrected chi connectivity index (χ1v) is 6.75. The first-order chi connectivity index (χ1) is 7.36. The van der Waals surface area contributed by atoms with Crippen LogP contribution in [0, 0.1) is 0 Å². The molecule has 1 rings (SSSR count). The van der Waals surface area contributed by atoms with Gasteiger partial charge in [-0.15, -0.1) is 0 Å². The van der Waals surface area contributed by atoms with Crippen molar-refractivity contribution in [3.63, 3.8) is 0 Å². The van der Waals surface area contributed by atoms with E-state index in [-0.39, 0.29) is 0 Å². The van der Waals surface area contributed by atoms with Gasteiger partial charge in [0.2, 0.25) is 0 Å². The Kier molecular flexibility index (Phi) is 7.03. The molecule has 0 aromatic carbocycles. The SMILES string of the molecule is CCCNC(CCC)OC1CCCCC1. The van der Waals surface area contributed by atoms with Crippen LogP contribution >= 0.6 is 0 Å². The largest absolute Gasteiger partial charge is 0.360 e. The summed E-state index contributed by atoms with van der Waals surface area (Å²) in [7, 11) is 0. The van der Waals surface area contributed by atoms with Gasteiger partial charge in [-0.2, -0.15) is 0 Å². The molecule has 2 nitrogen and oxygen atoms in total. The number of hydrogen-bond acceptors (Lipinski definition) is 2. The Morgan fingerprint density at radius 2 is 1.87 bits per heavy atom. The molecule has 0 radical (unpaired) electrons. The molecule has 1 aliphatic carbocycles. The molecular formula is C13H27NO. The van der Waals surface area contributed by atoms with Crippen LogP contribution in [0.3, 0.4) is 0 Å². The van der Waals surface area contributed by atoms with Crippen molar-refractivity contribution in [3.8, 4) is 0 Å². The zero-order valence-electron chi connectivity index (χ0n) is 10.4. The lowest BCUT2D eigenvalue weighted by molar-refractivity contribution is -0.0495. The third-order valence-corrected chi connectivity index (χ3v) is 3.08. The van der Waals surface area contributed by atoms with Gasteiger partial charge in [0, 0.05) is 0 Å². The van der Waals surface area contributed by atoms with E-state index in [2.05, 4.69) is 19.2 Å². The summed E-state index contributed by atoms with van der Waals surface area (Å²) >= 11 is 0. The van der Waals surface area contributed by atoms with E-state index >= 15 is 0 Å². The Morgan fingerprint density at radius 1 is 1.13 bits per heavy atom. The zero-order chi connectivity index (χ0) is 10.9. The van der Waals surface area contributed by atoms with Crippen molar-refractivity contribution in [2.24, 2.45) is 0 Å². The highest BCUT2D eigenvalue weighted by molar-refractivity contribution is 4.67. The number of ether oxygens (including phenoxy) is 1. The average molecular weight is 213 g/mol. The van der Waals surface area contributed by atoms with Gasteiger partial charge >= 0.3 is 0 Å². The predicted molar refractivity (Wildman–Crippen MR) is 64.9 cm³/mol. The average Bonchev–Trinajstić information content (AvgIpc) is 2.28. The molecule has 0 aromatic rings. The van der Waals surface area contributed by atoms with Crippen LogP contribution in [0.5, 0.6) is 0 Å². The molecule has 1 fully saturated rings. The lowest BCUT2D eigenvalue weighted by Crippen LogP contribution is -2.36. The zero-order valence-corrected chi connectivity index (χ0v) is 10.4. The lowest BCUT2D eigenvalue weighted by Gasteiger charge is -2.28. The van der Waals surface area contributed by atoms with Gasteiger partial charge in [-0.1, -0.05) is 39.5 Å². The van der Waals surface area contributed by atoms with Gasteiger partial charge < -0.3 is 4.74 Å². The molecule has 0 bridgehead atoms. The van der Waals surface area contributed by atoms with E-state index in [1.54, 1.807) is 0 Å². The Bertz CT molecular complexity index is 143. The van der Waals surface area contributed by atoms with E-state index in [4.69, 9.17) is 4.74 Å². The molecule has 0 aliphatic heterocycles. The minimum atomic E-state index is 0.304. The Hall–Kier alpha value is -0.0800. The highest BCUT2D eigenvalue weighted by Gasteiger charge is 2.17. The first kappa shape index (κ1) is 13.0. The normalized spacial score (nSPS) is 20.4. The van der Waals surface area contributed by atoms with Crippen LogP contribution in [0.2, 0.25) is 0 Å². The second-order valence-electron chi connectivity index (χ2n) is 4.63. The van der Waals surface area contributed by atoms with Crippen LogP contribution in [-0.2, 0) is 4.74 Å². The van der Waals surface area contributed by atoms with Crippen LogP contribution in [0.4, 0.5) is 0 Å². The first-order valence-electron chi connectivity index (χ1n) is 6.75. The van der Waals surface area contributed by atoms with Gasteiger partial charge in [-0.25, -0.2) is 0 Å². The molecule has 1 aliphatic rings. The number of rotatable bonds is 7. The molecule has 0 heterocycles. The molecule has 90 valence electrons. The van der Waals surface area contributed by atoms with Crippen molar-refractivity contribution < 1.29 is 4.74 Å². The molecule has 0 amide bonds. The Morgan fingerprint density at radius 3 is 2.47 bits per heavy atom. The predicted octanol–water partition coefficient (Wildman–Crippen LogP) is 3.46. The van der Waals surface area contributed by atoms with Crippen molar-refractivity contribution in [1.82, 2.24) is 5.32 Å². The molecule has 2 heteroatoms. The minimum absolute atomic E-state index is 0.304. The Labute approximate surface area is 94.8 Å². The maximum absolute atomic E-state index is 6.12. The third-order valence-electron chi connectivity index (χ3n) is 3.08. The quantitative estimate of drug-likeness (QED) is 0.654. The maximum atomic E-state index is 6.12. The fourth-order valence-corrected chi connectivity index (χ4v) is 2.22. The van der Waals surface area contributed by atoms with Gasteiger partial charge in [-0.3, -0.25) is 5.32 Å². The van der Waals surface area contributed by atoms with E-state index in [1.807, 2.05) is 0 Å². The molecule has 0 aromatic heterocycles. The maximum Gasteiger partial charge on any atom is 0.108 e. The molecule has 1 atom stereocenters. The summed E-state index contributed by atoms with van der Waals surface area (Å²) in [4.78, 5) is 0. The van der Waals surface area contributed by atoms with Crippen LogP contribution in [0.25, 0.3) is 0 Å². The smallest absolute Gasteiger partial charge is 0.108 e. The van der Waals surface area contributed by atoms with Gasteiger partial charge in [-0.05, 0) is 32.2 Å². The minimum Gasteiger partial charge on any atom is -0.360 e. The van der Waals surface area contributed by atoms with Crippen LogP contribution < -0.4 is 5.32 Å². The van der Waals surface area contributed by atoms with E-state index < -0.39 is 0 Å². The summed E-state index contributed by atoms with van der Waals surface area (Å²) in [5.41, 5.74) is 0. The van der Waals surface area contributed by atoms with E-state index in [0.29, 0.717) is 12.3 Å². The van der Waals surface area contributed by atoms with Crippen molar-refractivity contribution in [3.05, 3.63) is 0 Å². The van der Waals surface area contributed by atoms with E-state index in [0.717, 1.165) is 13.0 Å². The van der Waals surface area contributed by atoms with E-state index in [9.17, 15) is 0 Å². The standard InChI is InChI=1S/C13H27NO/c1-3-8-13(14-11-4-2)15-12-9-6-5-7-10-12/h12-14H,3-11H2,1-2H3. The summed E-state index contributed by atoms with van der Waals surface area (Å²) in [5, 5.41) is 3.50. The molecule has 1 saturated carbocycles. The van der Waals surface area contributed by atoms with Crippen molar-refractivity contribution in [1.29, 1.82) is 0 Å². The van der Waals surface area contributed by atoms with Gasteiger partial charge in [0.25, 0.3) is 0 Å². The summed E-state index contributed by atoms with van der Waals surface area (Å²) < 4.78 is 6.12. The number of hydrogen-bond donors (Lipinski definition) is 1. The van der Waals surface area contributed by atoms with Gasteiger partial charge in [0.1, 0.15) is 6.23 Å². The van der Waals surface area contributed by atoms with Crippen LogP contribution in [-0.4, -0.2) is 18.9 Å². The molecule has 0 spiro atoms. The summed E-state index contributed by atoms with van der Waals surface area (Å²) in [6.45, 7) is 5.51. The summed E-state index contributed by atoms with van der Waals surface area (Å²) in [5.74, 6) is 0. The summed E-state index contributed by atoms with van der Waals surface area (Å²) in [6.07, 6.45) is 11.0. The van der Waals surface area contributed by atoms with Gasteiger partial charge in [0.05, 0.1) is 6.10 Å². The molecule has 0 saturated heterocycles.